The van der Waals surface area contributed by atoms with Gasteiger partial charge in [-0.25, -0.2) is 9.79 Å². The Labute approximate surface area is 182 Å². The van der Waals surface area contributed by atoms with Crippen molar-refractivity contribution in [3.05, 3.63) is 70.3 Å². The number of para-hydroxylation sites is 1. The van der Waals surface area contributed by atoms with Gasteiger partial charge in [-0.05, 0) is 51.8 Å². The summed E-state index contributed by atoms with van der Waals surface area (Å²) in [7, 11) is 0. The van der Waals surface area contributed by atoms with E-state index < -0.39 is 11.7 Å². The molecule has 158 valence electrons. The molecule has 2 aromatic carbocycles. The second kappa shape index (κ2) is 9.30. The lowest BCUT2D eigenvalue weighted by atomic mass is 10.1. The zero-order valence-corrected chi connectivity index (χ0v) is 19.0. The number of carbonyl (C=O) groups excluding carboxylic acids is 1. The van der Waals surface area contributed by atoms with Gasteiger partial charge in [0.2, 0.25) is 0 Å². The van der Waals surface area contributed by atoms with Gasteiger partial charge in [0.25, 0.3) is 0 Å². The highest BCUT2D eigenvalue weighted by molar-refractivity contribution is 7.09. The van der Waals surface area contributed by atoms with Crippen LogP contribution in [-0.2, 0) is 4.74 Å². The van der Waals surface area contributed by atoms with E-state index in [1.165, 1.54) is 0 Å². The van der Waals surface area contributed by atoms with Crippen molar-refractivity contribution in [3.8, 4) is 11.3 Å². The van der Waals surface area contributed by atoms with Gasteiger partial charge < -0.3 is 10.1 Å². The Bertz CT molecular complexity index is 1050. The lowest BCUT2D eigenvalue weighted by molar-refractivity contribution is 0.0479. The lowest BCUT2D eigenvalue weighted by Crippen LogP contribution is -2.39. The average Bonchev–Trinajstić information content (AvgIpc) is 3.01. The van der Waals surface area contributed by atoms with Gasteiger partial charge in [0.05, 0.1) is 11.4 Å². The molecule has 0 radical (unpaired) electrons. The molecule has 6 heteroatoms. The van der Waals surface area contributed by atoms with E-state index in [0.29, 0.717) is 6.42 Å². The highest BCUT2D eigenvalue weighted by atomic mass is 32.1. The molecule has 0 bridgehead atoms. The molecule has 30 heavy (non-hydrogen) atoms. The number of hydrogen-bond donors (Lipinski definition) is 1. The predicted octanol–water partition coefficient (Wildman–Crippen LogP) is 6.19. The van der Waals surface area contributed by atoms with E-state index in [0.717, 1.165) is 26.6 Å². The van der Waals surface area contributed by atoms with Crippen LogP contribution < -0.4 is 10.1 Å². The molecule has 3 aromatic rings. The van der Waals surface area contributed by atoms with Crippen LogP contribution in [0, 0.1) is 6.92 Å². The zero-order chi connectivity index (χ0) is 21.7. The monoisotopic (exact) mass is 423 g/mol. The van der Waals surface area contributed by atoms with Gasteiger partial charge in [-0.15, -0.1) is 11.3 Å². The molecule has 0 spiro atoms. The summed E-state index contributed by atoms with van der Waals surface area (Å²) in [5, 5.41) is 3.04. The Morgan fingerprint density at radius 3 is 2.27 bits per heavy atom. The van der Waals surface area contributed by atoms with Crippen molar-refractivity contribution < 1.29 is 9.53 Å². The summed E-state index contributed by atoms with van der Waals surface area (Å²) in [5.41, 5.74) is 2.46. The summed E-state index contributed by atoms with van der Waals surface area (Å²) in [5.74, 6) is 0. The third-order valence-electron chi connectivity index (χ3n) is 4.43. The SMILES string of the molecule is CCC(NC(=O)OC(C)(C)C)n1c(-c2ccccc2)c(C)s/c1=N/c1ccccc1. The number of amides is 1. The van der Waals surface area contributed by atoms with E-state index in [1.54, 1.807) is 11.3 Å². The van der Waals surface area contributed by atoms with Gasteiger partial charge >= 0.3 is 6.09 Å². The summed E-state index contributed by atoms with van der Waals surface area (Å²) in [6.07, 6.45) is -0.0325. The first-order valence-electron chi connectivity index (χ1n) is 10.1. The quantitative estimate of drug-likeness (QED) is 0.532. The molecule has 0 aliphatic rings. The van der Waals surface area contributed by atoms with Gasteiger partial charge in [0.15, 0.2) is 4.80 Å². The van der Waals surface area contributed by atoms with Crippen LogP contribution in [0.5, 0.6) is 0 Å². The Morgan fingerprint density at radius 2 is 1.70 bits per heavy atom. The van der Waals surface area contributed by atoms with E-state index in [4.69, 9.17) is 9.73 Å². The number of nitrogens with zero attached hydrogens (tertiary/aromatic N) is 2. The fraction of sp³-hybridized carbons (Fsp3) is 0.333. The molecule has 1 heterocycles. The van der Waals surface area contributed by atoms with E-state index in [2.05, 4.69) is 28.9 Å². The fourth-order valence-electron chi connectivity index (χ4n) is 3.21. The number of carbonyl (C=O) groups is 1. The number of aromatic nitrogens is 1. The molecule has 0 saturated carbocycles. The molecule has 0 aliphatic carbocycles. The van der Waals surface area contributed by atoms with Crippen LogP contribution in [0.1, 0.15) is 45.2 Å². The van der Waals surface area contributed by atoms with E-state index in [-0.39, 0.29) is 6.17 Å². The number of aryl methyl sites for hydroxylation is 1. The second-order valence-corrected chi connectivity index (χ2v) is 9.22. The van der Waals surface area contributed by atoms with Gasteiger partial charge in [-0.2, -0.15) is 0 Å². The zero-order valence-electron chi connectivity index (χ0n) is 18.2. The summed E-state index contributed by atoms with van der Waals surface area (Å²) in [4.78, 5) is 19.4. The first-order chi connectivity index (χ1) is 14.3. The Morgan fingerprint density at radius 1 is 1.10 bits per heavy atom. The fourth-order valence-corrected chi connectivity index (χ4v) is 4.26. The third kappa shape index (κ3) is 5.39. The van der Waals surface area contributed by atoms with Crippen molar-refractivity contribution in [2.45, 2.75) is 52.8 Å². The van der Waals surface area contributed by atoms with Gasteiger partial charge in [0.1, 0.15) is 11.8 Å². The third-order valence-corrected chi connectivity index (χ3v) is 5.40. The Kier molecular flexibility index (Phi) is 6.77. The highest BCUT2D eigenvalue weighted by Crippen LogP contribution is 2.29. The second-order valence-electron chi connectivity index (χ2n) is 8.04. The van der Waals surface area contributed by atoms with Crippen LogP contribution in [-0.4, -0.2) is 16.3 Å². The minimum atomic E-state index is -0.558. The molecule has 0 aliphatic heterocycles. The topological polar surface area (TPSA) is 55.6 Å². The van der Waals surface area contributed by atoms with Gasteiger partial charge in [-0.3, -0.25) is 4.57 Å². The number of alkyl carbamates (subject to hydrolysis) is 1. The molecule has 1 N–H and O–H groups in total. The number of benzene rings is 2. The largest absolute Gasteiger partial charge is 0.444 e. The maximum Gasteiger partial charge on any atom is 0.409 e. The first-order valence-corrected chi connectivity index (χ1v) is 11.0. The van der Waals surface area contributed by atoms with Crippen LogP contribution in [0.15, 0.2) is 65.7 Å². The minimum absolute atomic E-state index is 0.289. The molecule has 1 aromatic heterocycles. The van der Waals surface area contributed by atoms with Crippen molar-refractivity contribution >= 4 is 23.1 Å². The van der Waals surface area contributed by atoms with Crippen molar-refractivity contribution in [2.24, 2.45) is 4.99 Å². The average molecular weight is 424 g/mol. The van der Waals surface area contributed by atoms with Crippen LogP contribution >= 0.6 is 11.3 Å². The number of thiazole rings is 1. The van der Waals surface area contributed by atoms with E-state index >= 15 is 0 Å². The standard InChI is InChI=1S/C24H29N3O2S/c1-6-20(26-23(28)29-24(3,4)5)27-21(18-13-9-7-10-14-18)17(2)30-22(27)25-19-15-11-8-12-16-19/h7-16,20H,6H2,1-5H3,(H,26,28)/b25-22+. The van der Waals surface area contributed by atoms with Crippen LogP contribution in [0.3, 0.4) is 0 Å². The number of rotatable bonds is 5. The van der Waals surface area contributed by atoms with Crippen LogP contribution in [0.2, 0.25) is 0 Å². The van der Waals surface area contributed by atoms with Crippen LogP contribution in [0.25, 0.3) is 11.3 Å². The van der Waals surface area contributed by atoms with Crippen molar-refractivity contribution in [1.82, 2.24) is 9.88 Å². The van der Waals surface area contributed by atoms with Crippen molar-refractivity contribution in [1.29, 1.82) is 0 Å². The number of hydrogen-bond acceptors (Lipinski definition) is 4. The maximum atomic E-state index is 12.6. The minimum Gasteiger partial charge on any atom is -0.444 e. The predicted molar refractivity (Wildman–Crippen MR) is 123 cm³/mol. The first kappa shape index (κ1) is 21.8. The maximum absolute atomic E-state index is 12.6. The van der Waals surface area contributed by atoms with Crippen molar-refractivity contribution in [3.63, 3.8) is 0 Å². The smallest absolute Gasteiger partial charge is 0.409 e. The number of nitrogens with one attached hydrogen (secondary N) is 1. The normalized spacial score (nSPS) is 13.2. The molecule has 0 saturated heterocycles. The Balaban J connectivity index is 2.14. The highest BCUT2D eigenvalue weighted by Gasteiger charge is 2.23. The van der Waals surface area contributed by atoms with Crippen LogP contribution in [0.4, 0.5) is 10.5 Å². The Hall–Kier alpha value is -2.86. The lowest BCUT2D eigenvalue weighted by Gasteiger charge is -2.25. The summed E-state index contributed by atoms with van der Waals surface area (Å²) >= 11 is 1.62. The van der Waals surface area contributed by atoms with E-state index in [1.807, 2.05) is 76.2 Å². The molecular formula is C24H29N3O2S. The molecule has 0 fully saturated rings. The number of ether oxygens (including phenoxy) is 1. The summed E-state index contributed by atoms with van der Waals surface area (Å²) < 4.78 is 7.63. The van der Waals surface area contributed by atoms with Crippen molar-refractivity contribution in [2.75, 3.05) is 0 Å². The molecular weight excluding hydrogens is 394 g/mol. The molecule has 5 nitrogen and oxygen atoms in total. The summed E-state index contributed by atoms with van der Waals surface area (Å²) in [6.45, 7) is 9.72. The molecule has 1 atom stereocenters. The molecule has 1 amide bonds. The van der Waals surface area contributed by atoms with E-state index in [9.17, 15) is 4.79 Å². The molecule has 3 rings (SSSR count). The van der Waals surface area contributed by atoms with Gasteiger partial charge in [-0.1, -0.05) is 55.5 Å². The molecule has 1 unspecified atom stereocenters. The summed E-state index contributed by atoms with van der Waals surface area (Å²) in [6, 6.07) is 20.1. The van der Waals surface area contributed by atoms with Gasteiger partial charge in [0, 0.05) is 4.88 Å².